The van der Waals surface area contributed by atoms with Crippen molar-refractivity contribution in [3.63, 3.8) is 0 Å². The number of nitrogens with zero attached hydrogens (tertiary/aromatic N) is 3. The first kappa shape index (κ1) is 16.6. The number of hydrogen-bond acceptors (Lipinski definition) is 5. The van der Waals surface area contributed by atoms with Gasteiger partial charge in [-0.3, -0.25) is 4.79 Å². The average molecular weight is 349 g/mol. The highest BCUT2D eigenvalue weighted by atomic mass is 32.2. The van der Waals surface area contributed by atoms with Crippen LogP contribution in [-0.4, -0.2) is 47.8 Å². The molecule has 1 aromatic heterocycles. The molecule has 0 aliphatic carbocycles. The highest BCUT2D eigenvalue weighted by Gasteiger charge is 2.36. The van der Waals surface area contributed by atoms with Crippen LogP contribution in [0, 0.1) is 0 Å². The van der Waals surface area contributed by atoms with Crippen LogP contribution in [0.15, 0.2) is 41.6 Å². The molecular formula is C15H19N5O3S. The Labute approximate surface area is 140 Å². The number of carbonyl (C=O) groups is 1. The lowest BCUT2D eigenvalue weighted by Crippen LogP contribution is -2.49. The monoisotopic (exact) mass is 349 g/mol. The van der Waals surface area contributed by atoms with Crippen LogP contribution < -0.4 is 11.1 Å². The van der Waals surface area contributed by atoms with Gasteiger partial charge in [-0.2, -0.15) is 4.31 Å². The molecule has 1 saturated heterocycles. The van der Waals surface area contributed by atoms with E-state index in [1.165, 1.54) is 28.6 Å². The Morgan fingerprint density at radius 2 is 2.04 bits per heavy atom. The standard InChI is InChI=1S/C15H19N5O3S/c1-19-8-7-18-15(19)13-10-17-6-9-20(13)24(22,23)12-4-2-11(3-5-12)14(16)21/h2-5,7-8,13,17H,6,9-10H2,1H3,(H2,16,21). The van der Waals surface area contributed by atoms with Gasteiger partial charge in [0.1, 0.15) is 5.82 Å². The van der Waals surface area contributed by atoms with Gasteiger partial charge in [0.05, 0.1) is 10.9 Å². The number of aryl methyl sites for hydroxylation is 1. The third kappa shape index (κ3) is 2.93. The minimum atomic E-state index is -3.71. The normalized spacial score (nSPS) is 19.3. The number of benzene rings is 1. The van der Waals surface area contributed by atoms with Crippen molar-refractivity contribution in [3.8, 4) is 0 Å². The lowest BCUT2D eigenvalue weighted by Gasteiger charge is -2.34. The summed E-state index contributed by atoms with van der Waals surface area (Å²) in [6, 6.07) is 5.28. The third-order valence-electron chi connectivity index (χ3n) is 4.10. The molecule has 1 aliphatic rings. The molecule has 0 bridgehead atoms. The van der Waals surface area contributed by atoms with Crippen LogP contribution in [0.2, 0.25) is 0 Å². The SMILES string of the molecule is Cn1ccnc1C1CNCCN1S(=O)(=O)c1ccc(C(N)=O)cc1. The van der Waals surface area contributed by atoms with Crippen molar-refractivity contribution in [2.45, 2.75) is 10.9 Å². The number of sulfonamides is 1. The van der Waals surface area contributed by atoms with Crippen LogP contribution in [0.3, 0.4) is 0 Å². The van der Waals surface area contributed by atoms with E-state index in [4.69, 9.17) is 5.73 Å². The molecule has 2 heterocycles. The molecule has 1 amide bonds. The first-order valence-electron chi connectivity index (χ1n) is 7.51. The van der Waals surface area contributed by atoms with Gasteiger partial charge in [0.15, 0.2) is 0 Å². The summed E-state index contributed by atoms with van der Waals surface area (Å²) in [4.78, 5) is 15.6. The zero-order valence-electron chi connectivity index (χ0n) is 13.2. The van der Waals surface area contributed by atoms with Gasteiger partial charge in [0, 0.05) is 44.6 Å². The fourth-order valence-corrected chi connectivity index (χ4v) is 4.40. The van der Waals surface area contributed by atoms with Crippen molar-refractivity contribution in [1.82, 2.24) is 19.2 Å². The van der Waals surface area contributed by atoms with Crippen LogP contribution >= 0.6 is 0 Å². The smallest absolute Gasteiger partial charge is 0.248 e. The molecule has 128 valence electrons. The number of primary amides is 1. The molecule has 0 spiro atoms. The second-order valence-electron chi connectivity index (χ2n) is 5.62. The predicted octanol–water partition coefficient (Wildman–Crippen LogP) is -0.146. The second kappa shape index (κ2) is 6.34. The molecule has 1 fully saturated rings. The second-order valence-corrected chi connectivity index (χ2v) is 7.51. The quantitative estimate of drug-likeness (QED) is 0.798. The van der Waals surface area contributed by atoms with E-state index < -0.39 is 15.9 Å². The van der Waals surface area contributed by atoms with Gasteiger partial charge in [0.25, 0.3) is 0 Å². The highest BCUT2D eigenvalue weighted by Crippen LogP contribution is 2.28. The van der Waals surface area contributed by atoms with Gasteiger partial charge in [0.2, 0.25) is 15.9 Å². The summed E-state index contributed by atoms with van der Waals surface area (Å²) in [6.45, 7) is 1.40. The van der Waals surface area contributed by atoms with Crippen molar-refractivity contribution in [2.75, 3.05) is 19.6 Å². The van der Waals surface area contributed by atoms with Gasteiger partial charge >= 0.3 is 0 Å². The van der Waals surface area contributed by atoms with Gasteiger partial charge in [-0.05, 0) is 24.3 Å². The van der Waals surface area contributed by atoms with E-state index in [9.17, 15) is 13.2 Å². The molecule has 8 nitrogen and oxygen atoms in total. The van der Waals surface area contributed by atoms with Gasteiger partial charge < -0.3 is 15.6 Å². The maximum absolute atomic E-state index is 13.0. The molecule has 2 aromatic rings. The maximum Gasteiger partial charge on any atom is 0.248 e. The van der Waals surface area contributed by atoms with Crippen LogP contribution in [0.1, 0.15) is 22.2 Å². The highest BCUT2D eigenvalue weighted by molar-refractivity contribution is 7.89. The Morgan fingerprint density at radius 3 is 2.62 bits per heavy atom. The van der Waals surface area contributed by atoms with E-state index >= 15 is 0 Å². The summed E-state index contributed by atoms with van der Waals surface area (Å²) in [7, 11) is -1.87. The predicted molar refractivity (Wildman–Crippen MR) is 87.7 cm³/mol. The van der Waals surface area contributed by atoms with Crippen LogP contribution in [0.5, 0.6) is 0 Å². The summed E-state index contributed by atoms with van der Waals surface area (Å²) in [5, 5.41) is 3.21. The number of hydrogen-bond donors (Lipinski definition) is 2. The number of amides is 1. The molecule has 9 heteroatoms. The molecule has 3 rings (SSSR count). The largest absolute Gasteiger partial charge is 0.366 e. The zero-order chi connectivity index (χ0) is 17.3. The van der Waals surface area contributed by atoms with Crippen molar-refractivity contribution in [1.29, 1.82) is 0 Å². The lowest BCUT2D eigenvalue weighted by atomic mass is 10.2. The summed E-state index contributed by atoms with van der Waals surface area (Å²) in [5.74, 6) is 0.0894. The summed E-state index contributed by atoms with van der Waals surface area (Å²) >= 11 is 0. The Balaban J connectivity index is 1.97. The molecule has 1 aliphatic heterocycles. The van der Waals surface area contributed by atoms with E-state index in [0.29, 0.717) is 25.5 Å². The zero-order valence-corrected chi connectivity index (χ0v) is 14.0. The number of piperazine rings is 1. The van der Waals surface area contributed by atoms with Crippen molar-refractivity contribution >= 4 is 15.9 Å². The number of carbonyl (C=O) groups excluding carboxylic acids is 1. The molecule has 1 atom stereocenters. The molecule has 3 N–H and O–H groups in total. The van der Waals surface area contributed by atoms with Gasteiger partial charge in [-0.15, -0.1) is 0 Å². The first-order valence-corrected chi connectivity index (χ1v) is 8.95. The summed E-state index contributed by atoms with van der Waals surface area (Å²) in [5.41, 5.74) is 5.47. The van der Waals surface area contributed by atoms with Crippen LogP contribution in [0.4, 0.5) is 0 Å². The fraction of sp³-hybridized carbons (Fsp3) is 0.333. The van der Waals surface area contributed by atoms with Crippen molar-refractivity contribution < 1.29 is 13.2 Å². The molecule has 1 aromatic carbocycles. The van der Waals surface area contributed by atoms with Crippen LogP contribution in [-0.2, 0) is 17.1 Å². The Bertz CT molecular complexity index is 844. The van der Waals surface area contributed by atoms with E-state index in [1.807, 2.05) is 11.6 Å². The minimum Gasteiger partial charge on any atom is -0.366 e. The lowest BCUT2D eigenvalue weighted by molar-refractivity contribution is 0.1000. The van der Waals surface area contributed by atoms with E-state index in [1.54, 1.807) is 12.4 Å². The number of nitrogens with two attached hydrogens (primary N) is 1. The van der Waals surface area contributed by atoms with Gasteiger partial charge in [-0.1, -0.05) is 0 Å². The van der Waals surface area contributed by atoms with Crippen LogP contribution in [0.25, 0.3) is 0 Å². The summed E-state index contributed by atoms with van der Waals surface area (Å²) in [6.07, 6.45) is 3.44. The molecule has 0 radical (unpaired) electrons. The third-order valence-corrected chi connectivity index (χ3v) is 6.02. The number of aromatic nitrogens is 2. The minimum absolute atomic E-state index is 0.133. The van der Waals surface area contributed by atoms with Crippen molar-refractivity contribution in [2.24, 2.45) is 12.8 Å². The van der Waals surface area contributed by atoms with E-state index in [0.717, 1.165) is 0 Å². The van der Waals surface area contributed by atoms with E-state index in [2.05, 4.69) is 10.3 Å². The maximum atomic E-state index is 13.0. The van der Waals surface area contributed by atoms with Gasteiger partial charge in [-0.25, -0.2) is 13.4 Å². The number of imidazole rings is 1. The molecular weight excluding hydrogens is 330 g/mol. The number of rotatable bonds is 4. The fourth-order valence-electron chi connectivity index (χ4n) is 2.82. The van der Waals surface area contributed by atoms with Crippen molar-refractivity contribution in [3.05, 3.63) is 48.0 Å². The molecule has 1 unspecified atom stereocenters. The van der Waals surface area contributed by atoms with E-state index in [-0.39, 0.29) is 16.5 Å². The Morgan fingerprint density at radius 1 is 1.33 bits per heavy atom. The Hall–Kier alpha value is -2.23. The number of nitrogens with one attached hydrogen (secondary N) is 1. The first-order chi connectivity index (χ1) is 11.4. The Kier molecular flexibility index (Phi) is 4.39. The molecule has 0 saturated carbocycles. The topological polar surface area (TPSA) is 110 Å². The average Bonchev–Trinajstić information content (AvgIpc) is 3.01. The summed E-state index contributed by atoms with van der Waals surface area (Å²) < 4.78 is 29.3. The molecule has 24 heavy (non-hydrogen) atoms.